The molecule has 0 spiro atoms. The van der Waals surface area contributed by atoms with Gasteiger partial charge in [-0.2, -0.15) is 0 Å². The molecule has 1 nitrogen and oxygen atoms in total. The molecule has 1 aliphatic rings. The first-order valence-corrected chi connectivity index (χ1v) is 8.53. The molecule has 0 aliphatic heterocycles. The molecule has 1 fully saturated rings. The van der Waals surface area contributed by atoms with Gasteiger partial charge >= 0.3 is 0 Å². The lowest BCUT2D eigenvalue weighted by Crippen LogP contribution is -2.28. The van der Waals surface area contributed by atoms with E-state index in [0.717, 1.165) is 18.4 Å². The number of hydrogen-bond acceptors (Lipinski definition) is 1. The molecule has 1 aliphatic carbocycles. The van der Waals surface area contributed by atoms with Crippen molar-refractivity contribution in [1.82, 2.24) is 0 Å². The molecular weight excluding hydrogens is 345 g/mol. The largest absolute Gasteiger partial charge is 0.384 e. The van der Waals surface area contributed by atoms with Gasteiger partial charge in [0.1, 0.15) is 0 Å². The van der Waals surface area contributed by atoms with Gasteiger partial charge in [-0.3, -0.25) is 0 Å². The number of nitrogens with one attached hydrogen (secondary N) is 1. The minimum absolute atomic E-state index is 0.493. The number of hydrogen-bond donors (Lipinski definition) is 1. The Hall–Kier alpha value is -0.250. The SMILES string of the molecule is CC(C)(C)C1CCC(CNc2ccccc2I)CC1. The Morgan fingerprint density at radius 1 is 1.11 bits per heavy atom. The molecule has 0 radical (unpaired) electrons. The van der Waals surface area contributed by atoms with Crippen LogP contribution in [0, 0.1) is 20.8 Å². The van der Waals surface area contributed by atoms with Crippen molar-refractivity contribution < 1.29 is 0 Å². The van der Waals surface area contributed by atoms with Crippen molar-refractivity contribution in [2.45, 2.75) is 46.5 Å². The molecule has 0 aromatic heterocycles. The maximum atomic E-state index is 3.63. The molecule has 1 saturated carbocycles. The van der Waals surface area contributed by atoms with Crippen LogP contribution in [0.5, 0.6) is 0 Å². The molecule has 1 aromatic rings. The fourth-order valence-corrected chi connectivity index (χ4v) is 3.67. The summed E-state index contributed by atoms with van der Waals surface area (Å²) in [5.74, 6) is 1.77. The first-order valence-electron chi connectivity index (χ1n) is 7.45. The number of rotatable bonds is 3. The van der Waals surface area contributed by atoms with E-state index in [-0.39, 0.29) is 0 Å². The van der Waals surface area contributed by atoms with Crippen LogP contribution in [0.1, 0.15) is 46.5 Å². The van der Waals surface area contributed by atoms with Gasteiger partial charge in [-0.1, -0.05) is 32.9 Å². The monoisotopic (exact) mass is 371 g/mol. The second kappa shape index (κ2) is 6.47. The Balaban J connectivity index is 1.79. The third kappa shape index (κ3) is 4.37. The predicted octanol–water partition coefficient (Wildman–Crippen LogP) is 5.56. The van der Waals surface area contributed by atoms with Gasteiger partial charge < -0.3 is 5.32 Å². The summed E-state index contributed by atoms with van der Waals surface area (Å²) in [6, 6.07) is 8.56. The molecule has 2 heteroatoms. The Morgan fingerprint density at radius 2 is 1.74 bits per heavy atom. The van der Waals surface area contributed by atoms with Gasteiger partial charge in [0.05, 0.1) is 0 Å². The smallest absolute Gasteiger partial charge is 0.0475 e. The lowest BCUT2D eigenvalue weighted by Gasteiger charge is -2.37. The molecule has 0 bridgehead atoms. The van der Waals surface area contributed by atoms with Crippen molar-refractivity contribution in [1.29, 1.82) is 0 Å². The standard InChI is InChI=1S/C17H26IN/c1-17(2,3)14-10-8-13(9-11-14)12-19-16-7-5-4-6-15(16)18/h4-7,13-14,19H,8-12H2,1-3H3. The van der Waals surface area contributed by atoms with E-state index in [1.165, 1.54) is 34.9 Å². The number of benzene rings is 1. The molecule has 0 unspecified atom stereocenters. The van der Waals surface area contributed by atoms with Crippen LogP contribution in [-0.2, 0) is 0 Å². The van der Waals surface area contributed by atoms with Crippen LogP contribution in [0.3, 0.4) is 0 Å². The molecule has 106 valence electrons. The zero-order chi connectivity index (χ0) is 13.9. The van der Waals surface area contributed by atoms with Gasteiger partial charge in [0.25, 0.3) is 0 Å². The fourth-order valence-electron chi connectivity index (χ4n) is 3.09. The van der Waals surface area contributed by atoms with Gasteiger partial charge in [-0.15, -0.1) is 0 Å². The molecule has 0 saturated heterocycles. The second-order valence-corrected chi connectivity index (χ2v) is 8.11. The van der Waals surface area contributed by atoms with E-state index in [1.54, 1.807) is 0 Å². The minimum atomic E-state index is 0.493. The topological polar surface area (TPSA) is 12.0 Å². The third-order valence-corrected chi connectivity index (χ3v) is 5.47. The molecule has 1 aromatic carbocycles. The van der Waals surface area contributed by atoms with Gasteiger partial charge in [-0.25, -0.2) is 0 Å². The summed E-state index contributed by atoms with van der Waals surface area (Å²) in [5, 5.41) is 3.63. The summed E-state index contributed by atoms with van der Waals surface area (Å²) in [6.07, 6.45) is 5.58. The van der Waals surface area contributed by atoms with E-state index < -0.39 is 0 Å². The Bertz CT molecular complexity index is 400. The zero-order valence-electron chi connectivity index (χ0n) is 12.4. The second-order valence-electron chi connectivity index (χ2n) is 6.94. The van der Waals surface area contributed by atoms with Crippen molar-refractivity contribution in [2.75, 3.05) is 11.9 Å². The van der Waals surface area contributed by atoms with Crippen molar-refractivity contribution in [3.63, 3.8) is 0 Å². The van der Waals surface area contributed by atoms with Crippen LogP contribution >= 0.6 is 22.6 Å². The highest BCUT2D eigenvalue weighted by Gasteiger charge is 2.29. The minimum Gasteiger partial charge on any atom is -0.384 e. The first-order chi connectivity index (χ1) is 8.97. The third-order valence-electron chi connectivity index (χ3n) is 4.53. The van der Waals surface area contributed by atoms with Gasteiger partial charge in [0.15, 0.2) is 0 Å². The van der Waals surface area contributed by atoms with Crippen LogP contribution in [0.4, 0.5) is 5.69 Å². The van der Waals surface area contributed by atoms with Gasteiger partial charge in [-0.05, 0) is 77.7 Å². The van der Waals surface area contributed by atoms with Crippen LogP contribution in [0.15, 0.2) is 24.3 Å². The van der Waals surface area contributed by atoms with Crippen LogP contribution in [-0.4, -0.2) is 6.54 Å². The number of anilines is 1. The number of halogens is 1. The Labute approximate surface area is 131 Å². The molecule has 1 N–H and O–H groups in total. The van der Waals surface area contributed by atoms with Gasteiger partial charge in [0, 0.05) is 15.8 Å². The van der Waals surface area contributed by atoms with E-state index in [1.807, 2.05) is 0 Å². The van der Waals surface area contributed by atoms with E-state index in [2.05, 4.69) is 72.9 Å². The molecular formula is C17H26IN. The van der Waals surface area contributed by atoms with Crippen LogP contribution in [0.2, 0.25) is 0 Å². The molecule has 19 heavy (non-hydrogen) atoms. The van der Waals surface area contributed by atoms with Crippen LogP contribution in [0.25, 0.3) is 0 Å². The van der Waals surface area contributed by atoms with Crippen LogP contribution < -0.4 is 5.32 Å². The Kier molecular flexibility index (Phi) is 5.15. The zero-order valence-corrected chi connectivity index (χ0v) is 14.5. The van der Waals surface area contributed by atoms with E-state index in [4.69, 9.17) is 0 Å². The van der Waals surface area contributed by atoms with E-state index in [0.29, 0.717) is 5.41 Å². The van der Waals surface area contributed by atoms with E-state index >= 15 is 0 Å². The van der Waals surface area contributed by atoms with Crippen molar-refractivity contribution in [3.05, 3.63) is 27.8 Å². The summed E-state index contributed by atoms with van der Waals surface area (Å²) in [7, 11) is 0. The normalized spacial score (nSPS) is 24.2. The van der Waals surface area contributed by atoms with Crippen molar-refractivity contribution >= 4 is 28.3 Å². The molecule has 0 amide bonds. The highest BCUT2D eigenvalue weighted by atomic mass is 127. The summed E-state index contributed by atoms with van der Waals surface area (Å²) in [6.45, 7) is 8.31. The average Bonchev–Trinajstić information content (AvgIpc) is 2.37. The lowest BCUT2D eigenvalue weighted by atomic mass is 9.70. The molecule has 2 rings (SSSR count). The summed E-state index contributed by atoms with van der Waals surface area (Å²) in [4.78, 5) is 0. The maximum absolute atomic E-state index is 3.63. The quantitative estimate of drug-likeness (QED) is 0.687. The van der Waals surface area contributed by atoms with Gasteiger partial charge in [0.2, 0.25) is 0 Å². The fraction of sp³-hybridized carbons (Fsp3) is 0.647. The average molecular weight is 371 g/mol. The maximum Gasteiger partial charge on any atom is 0.0475 e. The van der Waals surface area contributed by atoms with Crippen molar-refractivity contribution in [3.8, 4) is 0 Å². The van der Waals surface area contributed by atoms with Crippen molar-refractivity contribution in [2.24, 2.45) is 17.3 Å². The highest BCUT2D eigenvalue weighted by Crippen LogP contribution is 2.39. The molecule has 0 heterocycles. The van der Waals surface area contributed by atoms with E-state index in [9.17, 15) is 0 Å². The summed E-state index contributed by atoms with van der Waals surface area (Å²) in [5.41, 5.74) is 1.79. The summed E-state index contributed by atoms with van der Waals surface area (Å²) >= 11 is 2.41. The summed E-state index contributed by atoms with van der Waals surface area (Å²) < 4.78 is 1.32. The molecule has 0 atom stereocenters. The number of para-hydroxylation sites is 1. The predicted molar refractivity (Wildman–Crippen MR) is 92.6 cm³/mol. The highest BCUT2D eigenvalue weighted by molar-refractivity contribution is 14.1. The Morgan fingerprint density at radius 3 is 2.32 bits per heavy atom. The first kappa shape index (κ1) is 15.1. The lowest BCUT2D eigenvalue weighted by molar-refractivity contribution is 0.153.